The second kappa shape index (κ2) is 4.94. The molecule has 0 amide bonds. The van der Waals surface area contributed by atoms with Gasteiger partial charge in [0.15, 0.2) is 0 Å². The maximum atomic E-state index is 4.29. The molecule has 1 aromatic carbocycles. The third-order valence-corrected chi connectivity index (χ3v) is 2.89. The Balaban J connectivity index is 2.29. The first kappa shape index (κ1) is 12.8. The molecule has 3 heteroatoms. The van der Waals surface area contributed by atoms with Gasteiger partial charge in [-0.1, -0.05) is 18.2 Å². The molecule has 1 N–H and O–H groups in total. The number of rotatable bonds is 3. The lowest BCUT2D eigenvalue weighted by atomic mass is 10.1. The summed E-state index contributed by atoms with van der Waals surface area (Å²) in [5.41, 5.74) is 2.61. The largest absolute Gasteiger partial charge is 0.308 e. The van der Waals surface area contributed by atoms with Crippen molar-refractivity contribution in [2.75, 3.05) is 0 Å². The van der Waals surface area contributed by atoms with Gasteiger partial charge in [-0.25, -0.2) is 4.98 Å². The number of nitrogens with one attached hydrogen (secondary N) is 1. The Morgan fingerprint density at radius 2 is 1.94 bits per heavy atom. The van der Waals surface area contributed by atoms with Crippen LogP contribution in [0.1, 0.15) is 32.2 Å². The zero-order valence-corrected chi connectivity index (χ0v) is 11.6. The van der Waals surface area contributed by atoms with Gasteiger partial charge in [0, 0.05) is 24.5 Å². The fourth-order valence-electron chi connectivity index (χ4n) is 1.89. The molecule has 96 valence electrons. The number of benzene rings is 1. The van der Waals surface area contributed by atoms with Crippen molar-refractivity contribution in [3.63, 3.8) is 0 Å². The minimum absolute atomic E-state index is 0.122. The van der Waals surface area contributed by atoms with Crippen LogP contribution in [0.3, 0.4) is 0 Å². The summed E-state index contributed by atoms with van der Waals surface area (Å²) in [5.74, 6) is 1.01. The van der Waals surface area contributed by atoms with Gasteiger partial charge in [0.25, 0.3) is 0 Å². The first-order valence-electron chi connectivity index (χ1n) is 6.31. The molecule has 2 rings (SSSR count). The van der Waals surface area contributed by atoms with E-state index in [0.717, 1.165) is 12.4 Å². The van der Waals surface area contributed by atoms with Crippen molar-refractivity contribution in [1.29, 1.82) is 0 Å². The van der Waals surface area contributed by atoms with Crippen LogP contribution in [0.2, 0.25) is 0 Å². The van der Waals surface area contributed by atoms with Crippen molar-refractivity contribution in [1.82, 2.24) is 14.9 Å². The van der Waals surface area contributed by atoms with E-state index in [0.29, 0.717) is 0 Å². The van der Waals surface area contributed by atoms with E-state index in [2.05, 4.69) is 59.9 Å². The van der Waals surface area contributed by atoms with Gasteiger partial charge >= 0.3 is 0 Å². The van der Waals surface area contributed by atoms with Crippen LogP contribution in [0.15, 0.2) is 36.7 Å². The lowest BCUT2D eigenvalue weighted by Gasteiger charge is -2.22. The van der Waals surface area contributed by atoms with E-state index in [-0.39, 0.29) is 5.54 Å². The van der Waals surface area contributed by atoms with Crippen molar-refractivity contribution in [2.24, 2.45) is 0 Å². The van der Waals surface area contributed by atoms with E-state index >= 15 is 0 Å². The van der Waals surface area contributed by atoms with Gasteiger partial charge in [-0.2, -0.15) is 0 Å². The SMILES string of the molecule is Cc1nccn1-c1ccccc1CNC(C)(C)C. The van der Waals surface area contributed by atoms with E-state index in [1.54, 1.807) is 0 Å². The van der Waals surface area contributed by atoms with Gasteiger partial charge in [-0.15, -0.1) is 0 Å². The van der Waals surface area contributed by atoms with Crippen LogP contribution < -0.4 is 5.32 Å². The summed E-state index contributed by atoms with van der Waals surface area (Å²) in [5, 5.41) is 3.53. The van der Waals surface area contributed by atoms with Gasteiger partial charge < -0.3 is 9.88 Å². The Morgan fingerprint density at radius 1 is 1.22 bits per heavy atom. The van der Waals surface area contributed by atoms with Gasteiger partial charge in [-0.05, 0) is 39.3 Å². The second-order valence-corrected chi connectivity index (χ2v) is 5.58. The van der Waals surface area contributed by atoms with Crippen LogP contribution in [-0.4, -0.2) is 15.1 Å². The van der Waals surface area contributed by atoms with Crippen LogP contribution in [0.4, 0.5) is 0 Å². The fraction of sp³-hybridized carbons (Fsp3) is 0.400. The van der Waals surface area contributed by atoms with Crippen molar-refractivity contribution >= 4 is 0 Å². The summed E-state index contributed by atoms with van der Waals surface area (Å²) in [6.07, 6.45) is 3.84. The maximum Gasteiger partial charge on any atom is 0.110 e. The lowest BCUT2D eigenvalue weighted by Crippen LogP contribution is -2.35. The number of para-hydroxylation sites is 1. The van der Waals surface area contributed by atoms with Crippen molar-refractivity contribution < 1.29 is 0 Å². The van der Waals surface area contributed by atoms with E-state index < -0.39 is 0 Å². The Bertz CT molecular complexity index is 521. The third kappa shape index (κ3) is 2.99. The number of aromatic nitrogens is 2. The minimum Gasteiger partial charge on any atom is -0.308 e. The molecule has 0 saturated carbocycles. The highest BCUT2D eigenvalue weighted by Gasteiger charge is 2.11. The average molecular weight is 243 g/mol. The lowest BCUT2D eigenvalue weighted by molar-refractivity contribution is 0.424. The first-order chi connectivity index (χ1) is 8.47. The zero-order chi connectivity index (χ0) is 13.2. The first-order valence-corrected chi connectivity index (χ1v) is 6.31. The predicted molar refractivity (Wildman–Crippen MR) is 74.9 cm³/mol. The van der Waals surface area contributed by atoms with Gasteiger partial charge in [0.1, 0.15) is 5.82 Å². The standard InChI is InChI=1S/C15H21N3/c1-12-16-9-10-18(12)14-8-6-5-7-13(14)11-17-15(2,3)4/h5-10,17H,11H2,1-4H3. The topological polar surface area (TPSA) is 29.9 Å². The molecule has 0 atom stereocenters. The molecule has 18 heavy (non-hydrogen) atoms. The van der Waals surface area contributed by atoms with E-state index in [1.807, 2.05) is 19.3 Å². The molecule has 0 radical (unpaired) electrons. The molecule has 0 unspecified atom stereocenters. The molecule has 0 fully saturated rings. The molecular formula is C15H21N3. The van der Waals surface area contributed by atoms with E-state index in [1.165, 1.54) is 11.3 Å². The molecular weight excluding hydrogens is 222 g/mol. The predicted octanol–water partition coefficient (Wildman–Crippen LogP) is 3.07. The van der Waals surface area contributed by atoms with Crippen LogP contribution in [0, 0.1) is 6.92 Å². The quantitative estimate of drug-likeness (QED) is 0.898. The van der Waals surface area contributed by atoms with E-state index in [9.17, 15) is 0 Å². The second-order valence-electron chi connectivity index (χ2n) is 5.58. The van der Waals surface area contributed by atoms with Crippen LogP contribution >= 0.6 is 0 Å². The number of aryl methyl sites for hydroxylation is 1. The summed E-state index contributed by atoms with van der Waals surface area (Å²) in [7, 11) is 0. The Kier molecular flexibility index (Phi) is 3.53. The van der Waals surface area contributed by atoms with Crippen LogP contribution in [0.25, 0.3) is 5.69 Å². The van der Waals surface area contributed by atoms with Crippen molar-refractivity contribution in [3.05, 3.63) is 48.0 Å². The maximum absolute atomic E-state index is 4.29. The average Bonchev–Trinajstić information content (AvgIpc) is 2.72. The molecule has 2 aromatic rings. The molecule has 0 spiro atoms. The molecule has 0 aliphatic heterocycles. The van der Waals surface area contributed by atoms with Gasteiger partial charge in [-0.3, -0.25) is 0 Å². The highest BCUT2D eigenvalue weighted by Crippen LogP contribution is 2.16. The number of imidazole rings is 1. The number of hydrogen-bond acceptors (Lipinski definition) is 2. The highest BCUT2D eigenvalue weighted by molar-refractivity contribution is 5.42. The van der Waals surface area contributed by atoms with Gasteiger partial charge in [0.2, 0.25) is 0 Å². The molecule has 0 saturated heterocycles. The monoisotopic (exact) mass is 243 g/mol. The van der Waals surface area contributed by atoms with Crippen LogP contribution in [0.5, 0.6) is 0 Å². The highest BCUT2D eigenvalue weighted by atomic mass is 15.1. The third-order valence-electron chi connectivity index (χ3n) is 2.89. The summed E-state index contributed by atoms with van der Waals surface area (Å²) in [4.78, 5) is 4.29. The molecule has 0 aliphatic rings. The number of nitrogens with zero attached hydrogens (tertiary/aromatic N) is 2. The zero-order valence-electron chi connectivity index (χ0n) is 11.6. The van der Waals surface area contributed by atoms with Crippen molar-refractivity contribution in [3.8, 4) is 5.69 Å². The summed E-state index contributed by atoms with van der Waals surface area (Å²) in [6.45, 7) is 9.42. The summed E-state index contributed by atoms with van der Waals surface area (Å²) >= 11 is 0. The van der Waals surface area contributed by atoms with Gasteiger partial charge in [0.05, 0.1) is 5.69 Å². The Labute approximate surface area is 109 Å². The molecule has 1 aromatic heterocycles. The fourth-order valence-corrected chi connectivity index (χ4v) is 1.89. The normalized spacial score (nSPS) is 11.8. The smallest absolute Gasteiger partial charge is 0.110 e. The number of hydrogen-bond donors (Lipinski definition) is 1. The van der Waals surface area contributed by atoms with E-state index in [4.69, 9.17) is 0 Å². The molecule has 1 heterocycles. The Hall–Kier alpha value is -1.61. The summed E-state index contributed by atoms with van der Waals surface area (Å²) < 4.78 is 2.12. The molecule has 3 nitrogen and oxygen atoms in total. The van der Waals surface area contributed by atoms with Crippen LogP contribution in [-0.2, 0) is 6.54 Å². The Morgan fingerprint density at radius 3 is 2.56 bits per heavy atom. The molecule has 0 bridgehead atoms. The molecule has 0 aliphatic carbocycles. The minimum atomic E-state index is 0.122. The summed E-state index contributed by atoms with van der Waals surface area (Å²) in [6, 6.07) is 8.44. The van der Waals surface area contributed by atoms with Crippen molar-refractivity contribution in [2.45, 2.75) is 39.8 Å².